The Balaban J connectivity index is 3.83. The van der Waals surface area contributed by atoms with Gasteiger partial charge in [-0.3, -0.25) is 0 Å². The molecule has 0 aromatic carbocycles. The molecule has 0 aromatic heterocycles. The first-order valence-corrected chi connectivity index (χ1v) is 8.74. The molecule has 0 aliphatic heterocycles. The van der Waals surface area contributed by atoms with Gasteiger partial charge in [-0.05, 0) is 37.0 Å². The van der Waals surface area contributed by atoms with Crippen LogP contribution in [0.4, 0.5) is 0 Å². The highest BCUT2D eigenvalue weighted by Crippen LogP contribution is 2.27. The smallest absolute Gasteiger partial charge is 0.0351 e. The zero-order valence-corrected chi connectivity index (χ0v) is 14.1. The van der Waals surface area contributed by atoms with E-state index in [-0.39, 0.29) is 0 Å². The van der Waals surface area contributed by atoms with Crippen LogP contribution in [0, 0.1) is 17.8 Å². The molecule has 0 saturated carbocycles. The Hall–Kier alpha value is -0.260. The summed E-state index contributed by atoms with van der Waals surface area (Å²) in [5.74, 6) is 2.78. The van der Waals surface area contributed by atoms with Crippen LogP contribution in [-0.2, 0) is 0 Å². The van der Waals surface area contributed by atoms with Gasteiger partial charge in [0.05, 0.1) is 0 Å². The SMILES string of the molecule is C=CCCC(C)CCC(C)CC(CCC)CCCC. The van der Waals surface area contributed by atoms with E-state index in [0.29, 0.717) is 0 Å². The van der Waals surface area contributed by atoms with Crippen molar-refractivity contribution in [1.29, 1.82) is 0 Å². The number of hydrogen-bond donors (Lipinski definition) is 0. The van der Waals surface area contributed by atoms with Gasteiger partial charge in [-0.25, -0.2) is 0 Å². The van der Waals surface area contributed by atoms with Gasteiger partial charge in [-0.1, -0.05) is 78.7 Å². The van der Waals surface area contributed by atoms with Crippen molar-refractivity contribution in [3.05, 3.63) is 12.7 Å². The summed E-state index contributed by atoms with van der Waals surface area (Å²) in [4.78, 5) is 0. The van der Waals surface area contributed by atoms with E-state index in [9.17, 15) is 0 Å². The highest BCUT2D eigenvalue weighted by atomic mass is 14.2. The Morgan fingerprint density at radius 3 is 2.11 bits per heavy atom. The lowest BCUT2D eigenvalue weighted by molar-refractivity contribution is 0.310. The molecule has 0 aliphatic rings. The summed E-state index contributed by atoms with van der Waals surface area (Å²) >= 11 is 0. The second-order valence-corrected chi connectivity index (χ2v) is 6.69. The largest absolute Gasteiger partial charge is 0.103 e. The minimum Gasteiger partial charge on any atom is -0.103 e. The fourth-order valence-electron chi connectivity index (χ4n) is 3.08. The quantitative estimate of drug-likeness (QED) is 0.315. The molecule has 114 valence electrons. The third-order valence-electron chi connectivity index (χ3n) is 4.41. The first kappa shape index (κ1) is 18.7. The molecule has 0 aliphatic carbocycles. The van der Waals surface area contributed by atoms with Gasteiger partial charge >= 0.3 is 0 Å². The summed E-state index contributed by atoms with van der Waals surface area (Å²) < 4.78 is 0. The molecule has 3 atom stereocenters. The molecule has 0 heterocycles. The lowest BCUT2D eigenvalue weighted by atomic mass is 9.85. The molecule has 0 nitrogen and oxygen atoms in total. The molecule has 0 rings (SSSR count). The van der Waals surface area contributed by atoms with E-state index >= 15 is 0 Å². The van der Waals surface area contributed by atoms with Crippen molar-refractivity contribution in [1.82, 2.24) is 0 Å². The molecular formula is C19H38. The molecule has 0 saturated heterocycles. The van der Waals surface area contributed by atoms with Crippen LogP contribution in [-0.4, -0.2) is 0 Å². The summed E-state index contributed by atoms with van der Waals surface area (Å²) in [6.45, 7) is 13.3. The van der Waals surface area contributed by atoms with Gasteiger partial charge in [-0.15, -0.1) is 6.58 Å². The number of hydrogen-bond acceptors (Lipinski definition) is 0. The predicted molar refractivity (Wildman–Crippen MR) is 89.5 cm³/mol. The molecule has 0 spiro atoms. The van der Waals surface area contributed by atoms with Gasteiger partial charge in [0.1, 0.15) is 0 Å². The van der Waals surface area contributed by atoms with Gasteiger partial charge in [0.2, 0.25) is 0 Å². The maximum atomic E-state index is 3.82. The summed E-state index contributed by atoms with van der Waals surface area (Å²) in [7, 11) is 0. The minimum absolute atomic E-state index is 0.876. The first-order valence-electron chi connectivity index (χ1n) is 8.74. The van der Waals surface area contributed by atoms with Crippen LogP contribution in [0.1, 0.15) is 91.9 Å². The van der Waals surface area contributed by atoms with Gasteiger partial charge in [0, 0.05) is 0 Å². The Bertz CT molecular complexity index is 194. The van der Waals surface area contributed by atoms with Crippen molar-refractivity contribution < 1.29 is 0 Å². The van der Waals surface area contributed by atoms with E-state index in [1.165, 1.54) is 64.2 Å². The Morgan fingerprint density at radius 1 is 0.842 bits per heavy atom. The zero-order chi connectivity index (χ0) is 14.5. The summed E-state index contributed by atoms with van der Waals surface area (Å²) in [6, 6.07) is 0. The van der Waals surface area contributed by atoms with Crippen molar-refractivity contribution in [2.75, 3.05) is 0 Å². The van der Waals surface area contributed by atoms with Crippen molar-refractivity contribution in [3.8, 4) is 0 Å². The maximum absolute atomic E-state index is 3.82. The molecule has 0 amide bonds. The third kappa shape index (κ3) is 11.3. The highest BCUT2D eigenvalue weighted by Gasteiger charge is 2.13. The summed E-state index contributed by atoms with van der Waals surface area (Å²) in [6.07, 6.45) is 15.9. The van der Waals surface area contributed by atoms with Crippen LogP contribution in [0.25, 0.3) is 0 Å². The summed E-state index contributed by atoms with van der Waals surface area (Å²) in [5.41, 5.74) is 0. The van der Waals surface area contributed by atoms with E-state index in [2.05, 4.69) is 40.3 Å². The van der Waals surface area contributed by atoms with Crippen LogP contribution in [0.2, 0.25) is 0 Å². The molecule has 0 radical (unpaired) electrons. The van der Waals surface area contributed by atoms with Crippen molar-refractivity contribution in [2.24, 2.45) is 17.8 Å². The van der Waals surface area contributed by atoms with E-state index < -0.39 is 0 Å². The van der Waals surface area contributed by atoms with Crippen LogP contribution in [0.5, 0.6) is 0 Å². The second kappa shape index (κ2) is 12.8. The Kier molecular flexibility index (Phi) is 12.6. The van der Waals surface area contributed by atoms with Gasteiger partial charge < -0.3 is 0 Å². The first-order chi connectivity index (χ1) is 9.13. The van der Waals surface area contributed by atoms with E-state index in [1.807, 2.05) is 0 Å². The lowest BCUT2D eigenvalue weighted by Crippen LogP contribution is -2.08. The molecule has 19 heavy (non-hydrogen) atoms. The number of rotatable bonds is 13. The minimum atomic E-state index is 0.876. The molecule has 0 N–H and O–H groups in total. The fraction of sp³-hybridized carbons (Fsp3) is 0.895. The summed E-state index contributed by atoms with van der Waals surface area (Å²) in [5, 5.41) is 0. The normalized spacial score (nSPS) is 16.0. The lowest BCUT2D eigenvalue weighted by Gasteiger charge is -2.21. The zero-order valence-electron chi connectivity index (χ0n) is 14.1. The van der Waals surface area contributed by atoms with Crippen LogP contribution >= 0.6 is 0 Å². The maximum Gasteiger partial charge on any atom is -0.0351 e. The topological polar surface area (TPSA) is 0 Å². The number of allylic oxidation sites excluding steroid dienone is 1. The third-order valence-corrected chi connectivity index (χ3v) is 4.41. The van der Waals surface area contributed by atoms with Crippen molar-refractivity contribution in [2.45, 2.75) is 91.9 Å². The highest BCUT2D eigenvalue weighted by molar-refractivity contribution is 4.70. The van der Waals surface area contributed by atoms with Crippen molar-refractivity contribution in [3.63, 3.8) is 0 Å². The average Bonchev–Trinajstić information content (AvgIpc) is 2.40. The van der Waals surface area contributed by atoms with E-state index in [1.54, 1.807) is 0 Å². The Labute approximate surface area is 123 Å². The fourth-order valence-corrected chi connectivity index (χ4v) is 3.08. The van der Waals surface area contributed by atoms with E-state index in [0.717, 1.165) is 17.8 Å². The molecule has 0 bridgehead atoms. The molecule has 0 aromatic rings. The second-order valence-electron chi connectivity index (χ2n) is 6.69. The Morgan fingerprint density at radius 2 is 1.53 bits per heavy atom. The van der Waals surface area contributed by atoms with Crippen LogP contribution < -0.4 is 0 Å². The van der Waals surface area contributed by atoms with Gasteiger partial charge in [0.15, 0.2) is 0 Å². The monoisotopic (exact) mass is 266 g/mol. The average molecular weight is 267 g/mol. The molecule has 0 heteroatoms. The molecule has 3 unspecified atom stereocenters. The standard InChI is InChI=1S/C19H38/c1-6-9-12-17(4)14-15-18(5)16-19(11-8-3)13-10-7-2/h6,17-19H,1,7-16H2,2-5H3. The van der Waals surface area contributed by atoms with Crippen LogP contribution in [0.15, 0.2) is 12.7 Å². The van der Waals surface area contributed by atoms with Crippen LogP contribution in [0.3, 0.4) is 0 Å². The van der Waals surface area contributed by atoms with Gasteiger partial charge in [-0.2, -0.15) is 0 Å². The van der Waals surface area contributed by atoms with Gasteiger partial charge in [0.25, 0.3) is 0 Å². The molecular weight excluding hydrogens is 228 g/mol. The molecule has 0 fully saturated rings. The number of unbranched alkanes of at least 4 members (excludes halogenated alkanes) is 1. The van der Waals surface area contributed by atoms with Crippen molar-refractivity contribution >= 4 is 0 Å². The van der Waals surface area contributed by atoms with E-state index in [4.69, 9.17) is 0 Å². The predicted octanol–water partition coefficient (Wildman–Crippen LogP) is 7.00.